The van der Waals surface area contributed by atoms with Crippen LogP contribution in [0.15, 0.2) is 268 Å². The molecular weight excluding hydrogens is 1080 g/mol. The second-order valence-corrected chi connectivity index (χ2v) is 23.0. The van der Waals surface area contributed by atoms with Crippen molar-refractivity contribution < 1.29 is 13.3 Å². The van der Waals surface area contributed by atoms with E-state index in [0.717, 1.165) is 126 Å². The maximum Gasteiger partial charge on any atom is 0.236 e. The molecule has 20 rings (SSSR count). The summed E-state index contributed by atoms with van der Waals surface area (Å²) in [5, 5.41) is 15.8. The molecule has 0 atom stereocenters. The molecule has 12 aromatic carbocycles. The van der Waals surface area contributed by atoms with Crippen molar-refractivity contribution in [2.24, 2.45) is 0 Å². The summed E-state index contributed by atoms with van der Waals surface area (Å²) in [5.41, 5.74) is 14.5. The van der Waals surface area contributed by atoms with E-state index in [-0.39, 0.29) is 0 Å². The Balaban J connectivity index is 0.000000126. The van der Waals surface area contributed by atoms with Crippen LogP contribution in [0.5, 0.6) is 0 Å². The first-order valence-corrected chi connectivity index (χ1v) is 29.5. The summed E-state index contributed by atoms with van der Waals surface area (Å²) in [5.74, 6) is 1.26. The van der Waals surface area contributed by atoms with E-state index in [0.29, 0.717) is 17.5 Å². The van der Waals surface area contributed by atoms with Crippen molar-refractivity contribution in [2.75, 3.05) is 0 Å². The maximum absolute atomic E-state index is 6.52. The van der Waals surface area contributed by atoms with Gasteiger partial charge in [-0.15, -0.1) is 11.3 Å². The van der Waals surface area contributed by atoms with Crippen LogP contribution in [0.1, 0.15) is 0 Å². The third kappa shape index (κ3) is 6.87. The fourth-order valence-electron chi connectivity index (χ4n) is 13.4. The van der Waals surface area contributed by atoms with Crippen molar-refractivity contribution in [2.45, 2.75) is 0 Å². The summed E-state index contributed by atoms with van der Waals surface area (Å²) in [6.07, 6.45) is 0. The molecule has 8 heterocycles. The third-order valence-corrected chi connectivity index (χ3v) is 18.4. The predicted molar refractivity (Wildman–Crippen MR) is 353 cm³/mol. The molecule has 9 nitrogen and oxygen atoms in total. The number of aromatic nitrogens is 6. The van der Waals surface area contributed by atoms with Gasteiger partial charge >= 0.3 is 0 Å². The predicted octanol–water partition coefficient (Wildman–Crippen LogP) is 20.9. The zero-order valence-electron chi connectivity index (χ0n) is 45.6. The van der Waals surface area contributed by atoms with Gasteiger partial charge in [0.25, 0.3) is 0 Å². The van der Waals surface area contributed by atoms with Crippen LogP contribution in [-0.4, -0.2) is 29.1 Å². The minimum Gasteiger partial charge on any atom is -0.456 e. The van der Waals surface area contributed by atoms with E-state index in [1.807, 2.05) is 66.7 Å². The molecule has 0 saturated heterocycles. The Morgan fingerprint density at radius 2 is 0.709 bits per heavy atom. The molecule has 0 aliphatic rings. The van der Waals surface area contributed by atoms with Crippen LogP contribution in [-0.2, 0) is 0 Å². The van der Waals surface area contributed by atoms with Gasteiger partial charge in [0.1, 0.15) is 39.1 Å². The summed E-state index contributed by atoms with van der Waals surface area (Å²) in [7, 11) is 0. The number of nitrogens with zero attached hydrogens (tertiary/aromatic N) is 6. The first kappa shape index (κ1) is 47.1. The molecule has 8 aromatic heterocycles. The van der Waals surface area contributed by atoms with Crippen LogP contribution >= 0.6 is 11.3 Å². The van der Waals surface area contributed by atoms with Gasteiger partial charge in [0, 0.05) is 69.7 Å². The Labute approximate surface area is 491 Å². The Morgan fingerprint density at radius 1 is 0.291 bits per heavy atom. The Kier molecular flexibility index (Phi) is 9.86. The number of thiophene rings is 1. The van der Waals surface area contributed by atoms with Crippen LogP contribution in [0.2, 0.25) is 0 Å². The molecule has 20 aromatic rings. The highest BCUT2D eigenvalue weighted by Crippen LogP contribution is 2.46. The van der Waals surface area contributed by atoms with E-state index >= 15 is 0 Å². The number of fused-ring (bicyclic) bond motifs is 20. The van der Waals surface area contributed by atoms with Crippen molar-refractivity contribution >= 4 is 163 Å². The molecule has 0 N–H and O–H groups in total. The monoisotopic (exact) mass is 1120 g/mol. The normalized spacial score (nSPS) is 12.2. The SMILES string of the molecule is c1ccc2cc3c(cc2c1)c1ccccc1n3-c1nc(-c2cccc3oc4ccccc4c23)c2oc3ccccc3c2n1.c1ccc2cc3c(cc2c1)c1ccccc1n3-c1nc(-c2cccc3oc4ccccc4c23)c2sc3ccccc3c2n1. The third-order valence-electron chi connectivity index (χ3n) is 17.2. The van der Waals surface area contributed by atoms with Crippen LogP contribution < -0.4 is 0 Å². The molecule has 0 bridgehead atoms. The standard InChI is InChI=1S/C38H21N3O2.C38H21N3OS/c1-2-11-23-21-30-28(20-22(23)10-1)24-12-3-6-16-29(24)41(30)38-39-35-26-14-5-8-18-32(26)43-37(35)36(40-38)27-15-9-19-33-34(27)25-13-4-7-17-31(25)42-33;1-2-11-23-21-30-28(20-22(23)10-1)24-12-3-6-16-29(24)41(30)38-39-35-26-14-5-8-19-33(26)43-37(35)36(40-38)27-15-9-18-32-34(27)25-13-4-7-17-31(25)42-32/h2*1-21H. The van der Waals surface area contributed by atoms with Crippen molar-refractivity contribution in [3.8, 4) is 34.4 Å². The Hall–Kier alpha value is -11.5. The van der Waals surface area contributed by atoms with Gasteiger partial charge in [-0.2, -0.15) is 0 Å². The van der Waals surface area contributed by atoms with E-state index < -0.39 is 0 Å². The highest BCUT2D eigenvalue weighted by molar-refractivity contribution is 7.26. The van der Waals surface area contributed by atoms with E-state index in [2.05, 4.69) is 197 Å². The molecule has 0 amide bonds. The Morgan fingerprint density at radius 3 is 1.28 bits per heavy atom. The fraction of sp³-hybridized carbons (Fsp3) is 0. The summed E-state index contributed by atoms with van der Waals surface area (Å²) < 4.78 is 25.8. The van der Waals surface area contributed by atoms with E-state index in [1.165, 1.54) is 42.4 Å². The lowest BCUT2D eigenvalue weighted by Crippen LogP contribution is -2.03. The number of furan rings is 3. The molecule has 0 spiro atoms. The van der Waals surface area contributed by atoms with Gasteiger partial charge < -0.3 is 13.3 Å². The Bertz CT molecular complexity index is 5870. The molecule has 0 radical (unpaired) electrons. The van der Waals surface area contributed by atoms with Crippen molar-refractivity contribution in [1.29, 1.82) is 0 Å². The topological polar surface area (TPSA) is 101 Å². The first-order chi connectivity index (χ1) is 42.6. The van der Waals surface area contributed by atoms with Crippen molar-refractivity contribution in [3.05, 3.63) is 255 Å². The van der Waals surface area contributed by atoms with Crippen LogP contribution in [0, 0.1) is 0 Å². The number of hydrogen-bond acceptors (Lipinski definition) is 8. The minimum atomic E-state index is 0.598. The number of rotatable bonds is 4. The number of hydrogen-bond donors (Lipinski definition) is 0. The molecule has 10 heteroatoms. The molecule has 0 aliphatic heterocycles. The van der Waals surface area contributed by atoms with Gasteiger partial charge in [-0.1, -0.05) is 176 Å². The van der Waals surface area contributed by atoms with Gasteiger partial charge in [0.2, 0.25) is 11.9 Å². The van der Waals surface area contributed by atoms with Gasteiger partial charge in [-0.25, -0.2) is 19.9 Å². The average molecular weight is 1120 g/mol. The van der Waals surface area contributed by atoms with Gasteiger partial charge in [0.05, 0.1) is 38.0 Å². The molecule has 400 valence electrons. The lowest BCUT2D eigenvalue weighted by atomic mass is 10.0. The maximum atomic E-state index is 6.52. The summed E-state index contributed by atoms with van der Waals surface area (Å²) in [4.78, 5) is 21.4. The molecule has 0 fully saturated rings. The van der Waals surface area contributed by atoms with E-state index in [1.54, 1.807) is 11.3 Å². The second kappa shape index (κ2) is 18.0. The highest BCUT2D eigenvalue weighted by atomic mass is 32.1. The van der Waals surface area contributed by atoms with E-state index in [4.69, 9.17) is 33.2 Å². The quantitative estimate of drug-likeness (QED) is 0.173. The second-order valence-electron chi connectivity index (χ2n) is 22.0. The zero-order valence-corrected chi connectivity index (χ0v) is 46.4. The molecule has 0 saturated carbocycles. The zero-order chi connectivity index (χ0) is 56.1. The fourth-order valence-corrected chi connectivity index (χ4v) is 14.6. The minimum absolute atomic E-state index is 0.598. The van der Waals surface area contributed by atoms with E-state index in [9.17, 15) is 0 Å². The van der Waals surface area contributed by atoms with Crippen LogP contribution in [0.25, 0.3) is 186 Å². The van der Waals surface area contributed by atoms with Crippen LogP contribution in [0.3, 0.4) is 0 Å². The first-order valence-electron chi connectivity index (χ1n) is 28.7. The average Bonchev–Trinajstić information content (AvgIpc) is 1.79. The van der Waals surface area contributed by atoms with Gasteiger partial charge in [-0.05, 0) is 100 Å². The number of para-hydroxylation sites is 5. The molecule has 0 aliphatic carbocycles. The lowest BCUT2D eigenvalue weighted by molar-refractivity contribution is 0.666. The van der Waals surface area contributed by atoms with Crippen molar-refractivity contribution in [1.82, 2.24) is 29.1 Å². The highest BCUT2D eigenvalue weighted by Gasteiger charge is 2.26. The molecular formula is C76H42N6O3S. The summed E-state index contributed by atoms with van der Waals surface area (Å²) in [6.45, 7) is 0. The number of benzene rings is 12. The van der Waals surface area contributed by atoms with Gasteiger partial charge in [0.15, 0.2) is 5.58 Å². The smallest absolute Gasteiger partial charge is 0.236 e. The summed E-state index contributed by atoms with van der Waals surface area (Å²) in [6, 6.07) is 88.5. The molecule has 0 unspecified atom stereocenters. The lowest BCUT2D eigenvalue weighted by Gasteiger charge is -2.11. The van der Waals surface area contributed by atoms with Crippen molar-refractivity contribution in [3.63, 3.8) is 0 Å². The van der Waals surface area contributed by atoms with Gasteiger partial charge in [-0.3, -0.25) is 9.13 Å². The largest absolute Gasteiger partial charge is 0.456 e. The summed E-state index contributed by atoms with van der Waals surface area (Å²) >= 11 is 1.75. The molecule has 86 heavy (non-hydrogen) atoms. The van der Waals surface area contributed by atoms with Crippen LogP contribution in [0.4, 0.5) is 0 Å².